The third kappa shape index (κ3) is 3.90. The Morgan fingerprint density at radius 1 is 1.42 bits per heavy atom. The summed E-state index contributed by atoms with van der Waals surface area (Å²) in [6, 6.07) is 3.06. The molecule has 0 aliphatic carbocycles. The fraction of sp³-hybridized carbons (Fsp3) is 0.364. The van der Waals surface area contributed by atoms with E-state index in [1.54, 1.807) is 0 Å². The first kappa shape index (κ1) is 15.4. The summed E-state index contributed by atoms with van der Waals surface area (Å²) >= 11 is 0. The number of rotatable bonds is 5. The number of carbonyl (C=O) groups excluding carboxylic acids is 1. The van der Waals surface area contributed by atoms with Crippen molar-refractivity contribution in [2.45, 2.75) is 11.3 Å². The lowest BCUT2D eigenvalue weighted by molar-refractivity contribution is -0.140. The molecular formula is C11H15FN2O4S. The molecule has 0 saturated carbocycles. The van der Waals surface area contributed by atoms with Gasteiger partial charge in [-0.3, -0.25) is 4.79 Å². The minimum atomic E-state index is -3.88. The van der Waals surface area contributed by atoms with Gasteiger partial charge in [-0.05, 0) is 18.2 Å². The predicted molar refractivity (Wildman–Crippen MR) is 67.3 cm³/mol. The lowest BCUT2D eigenvalue weighted by Gasteiger charge is -2.16. The second-order valence-corrected chi connectivity index (χ2v) is 5.92. The van der Waals surface area contributed by atoms with Gasteiger partial charge >= 0.3 is 5.97 Å². The second-order valence-electron chi connectivity index (χ2n) is 3.87. The molecule has 1 aromatic carbocycles. The minimum Gasteiger partial charge on any atom is -0.469 e. The molecule has 1 aromatic rings. The Kier molecular flexibility index (Phi) is 4.84. The average molecular weight is 290 g/mol. The van der Waals surface area contributed by atoms with Gasteiger partial charge in [-0.2, -0.15) is 0 Å². The number of hydrogen-bond acceptors (Lipinski definition) is 5. The molecule has 0 saturated heterocycles. The van der Waals surface area contributed by atoms with Gasteiger partial charge in [0.05, 0.1) is 18.4 Å². The zero-order valence-corrected chi connectivity index (χ0v) is 11.4. The molecule has 2 N–H and O–H groups in total. The summed E-state index contributed by atoms with van der Waals surface area (Å²) in [6.07, 6.45) is -0.0863. The normalized spacial score (nSPS) is 11.6. The molecule has 0 atom stereocenters. The van der Waals surface area contributed by atoms with Crippen LogP contribution >= 0.6 is 0 Å². The molecule has 0 spiro atoms. The average Bonchev–Trinajstić information content (AvgIpc) is 2.34. The monoisotopic (exact) mass is 290 g/mol. The van der Waals surface area contributed by atoms with Crippen LogP contribution in [0.15, 0.2) is 23.1 Å². The topological polar surface area (TPSA) is 89.7 Å². The molecule has 19 heavy (non-hydrogen) atoms. The van der Waals surface area contributed by atoms with E-state index in [0.29, 0.717) is 0 Å². The van der Waals surface area contributed by atoms with E-state index in [1.807, 2.05) is 0 Å². The van der Waals surface area contributed by atoms with E-state index in [2.05, 4.69) is 4.74 Å². The van der Waals surface area contributed by atoms with Crippen LogP contribution in [0.3, 0.4) is 0 Å². The van der Waals surface area contributed by atoms with E-state index < -0.39 is 21.8 Å². The van der Waals surface area contributed by atoms with Crippen LogP contribution in [0, 0.1) is 5.82 Å². The molecule has 0 amide bonds. The molecule has 0 fully saturated rings. The van der Waals surface area contributed by atoms with Crippen molar-refractivity contribution in [2.75, 3.05) is 26.4 Å². The van der Waals surface area contributed by atoms with Crippen molar-refractivity contribution < 1.29 is 22.3 Å². The van der Waals surface area contributed by atoms with E-state index in [1.165, 1.54) is 14.2 Å². The first-order chi connectivity index (χ1) is 8.77. The van der Waals surface area contributed by atoms with Gasteiger partial charge in [0.1, 0.15) is 5.82 Å². The number of nitrogens with zero attached hydrogens (tertiary/aromatic N) is 1. The largest absolute Gasteiger partial charge is 0.469 e. The number of methoxy groups -OCH3 is 1. The molecule has 8 heteroatoms. The molecule has 0 heterocycles. The molecule has 1 rings (SSSR count). The first-order valence-corrected chi connectivity index (χ1v) is 6.80. The van der Waals surface area contributed by atoms with E-state index in [-0.39, 0.29) is 23.5 Å². The van der Waals surface area contributed by atoms with Crippen LogP contribution in [0.4, 0.5) is 10.1 Å². The SMILES string of the molecule is COC(=O)CCN(C)S(=O)(=O)c1cc(N)cc(F)c1. The van der Waals surface area contributed by atoms with Crippen LogP contribution < -0.4 is 5.73 Å². The summed E-state index contributed by atoms with van der Waals surface area (Å²) in [5, 5.41) is 0. The Morgan fingerprint density at radius 2 is 2.05 bits per heavy atom. The zero-order valence-electron chi connectivity index (χ0n) is 10.6. The van der Waals surface area contributed by atoms with Gasteiger partial charge < -0.3 is 10.5 Å². The highest BCUT2D eigenvalue weighted by molar-refractivity contribution is 7.89. The van der Waals surface area contributed by atoms with Crippen LogP contribution in [0.5, 0.6) is 0 Å². The number of nitrogens with two attached hydrogens (primary N) is 1. The number of sulfonamides is 1. The molecule has 0 bridgehead atoms. The number of hydrogen-bond donors (Lipinski definition) is 1. The maximum atomic E-state index is 13.2. The van der Waals surface area contributed by atoms with Gasteiger partial charge in [-0.15, -0.1) is 0 Å². The highest BCUT2D eigenvalue weighted by Crippen LogP contribution is 2.19. The number of halogens is 1. The van der Waals surface area contributed by atoms with Crippen LogP contribution in [-0.4, -0.2) is 39.4 Å². The Morgan fingerprint density at radius 3 is 2.58 bits per heavy atom. The molecule has 0 aliphatic rings. The molecule has 6 nitrogen and oxygen atoms in total. The fourth-order valence-electron chi connectivity index (χ4n) is 1.38. The number of benzene rings is 1. The smallest absolute Gasteiger partial charge is 0.306 e. The van der Waals surface area contributed by atoms with Gasteiger partial charge in [-0.25, -0.2) is 17.1 Å². The number of ether oxygens (including phenoxy) is 1. The summed E-state index contributed by atoms with van der Waals surface area (Å²) in [5.74, 6) is -1.26. The Labute approximate surface area is 111 Å². The molecular weight excluding hydrogens is 275 g/mol. The van der Waals surface area contributed by atoms with Gasteiger partial charge in [0, 0.05) is 19.3 Å². The maximum absolute atomic E-state index is 13.2. The van der Waals surface area contributed by atoms with E-state index in [0.717, 1.165) is 22.5 Å². The number of anilines is 1. The summed E-state index contributed by atoms with van der Waals surface area (Å²) < 4.78 is 42.7. The van der Waals surface area contributed by atoms with Crippen molar-refractivity contribution in [3.05, 3.63) is 24.0 Å². The van der Waals surface area contributed by atoms with E-state index in [9.17, 15) is 17.6 Å². The highest BCUT2D eigenvalue weighted by Gasteiger charge is 2.22. The minimum absolute atomic E-state index is 0.0138. The molecule has 0 aromatic heterocycles. The summed E-state index contributed by atoms with van der Waals surface area (Å²) in [7, 11) is -1.38. The predicted octanol–water partition coefficient (Wildman–Crippen LogP) is 0.592. The van der Waals surface area contributed by atoms with Crippen molar-refractivity contribution >= 4 is 21.7 Å². The van der Waals surface area contributed by atoms with Gasteiger partial charge in [0.25, 0.3) is 0 Å². The Balaban J connectivity index is 2.93. The van der Waals surface area contributed by atoms with Crippen molar-refractivity contribution in [1.82, 2.24) is 4.31 Å². The lowest BCUT2D eigenvalue weighted by Crippen LogP contribution is -2.29. The lowest BCUT2D eigenvalue weighted by atomic mass is 10.3. The maximum Gasteiger partial charge on any atom is 0.306 e. The van der Waals surface area contributed by atoms with E-state index >= 15 is 0 Å². The van der Waals surface area contributed by atoms with Gasteiger partial charge in [0.2, 0.25) is 10.0 Å². The van der Waals surface area contributed by atoms with Crippen LogP contribution in [0.2, 0.25) is 0 Å². The Bertz CT molecular complexity index is 554. The summed E-state index contributed by atoms with van der Waals surface area (Å²) in [4.78, 5) is 10.7. The van der Waals surface area contributed by atoms with Crippen LogP contribution in [-0.2, 0) is 19.6 Å². The Hall–Kier alpha value is -1.67. The van der Waals surface area contributed by atoms with E-state index in [4.69, 9.17) is 5.73 Å². The fourth-order valence-corrected chi connectivity index (χ4v) is 2.62. The molecule has 106 valence electrons. The number of esters is 1. The molecule has 0 radical (unpaired) electrons. The van der Waals surface area contributed by atoms with Gasteiger partial charge in [0.15, 0.2) is 0 Å². The highest BCUT2D eigenvalue weighted by atomic mass is 32.2. The van der Waals surface area contributed by atoms with Crippen LogP contribution in [0.1, 0.15) is 6.42 Å². The summed E-state index contributed by atoms with van der Waals surface area (Å²) in [6.45, 7) is -0.0641. The van der Waals surface area contributed by atoms with Crippen molar-refractivity contribution in [3.63, 3.8) is 0 Å². The third-order valence-corrected chi connectivity index (χ3v) is 4.29. The molecule has 0 aliphatic heterocycles. The van der Waals surface area contributed by atoms with Crippen molar-refractivity contribution in [1.29, 1.82) is 0 Å². The van der Waals surface area contributed by atoms with Gasteiger partial charge in [-0.1, -0.05) is 0 Å². The standard InChI is InChI=1S/C11H15FN2O4S/c1-14(4-3-11(15)18-2)19(16,17)10-6-8(12)5-9(13)7-10/h5-7H,3-4,13H2,1-2H3. The number of nitrogen functional groups attached to an aromatic ring is 1. The van der Waals surface area contributed by atoms with Crippen molar-refractivity contribution in [2.24, 2.45) is 0 Å². The first-order valence-electron chi connectivity index (χ1n) is 5.36. The number of carbonyl (C=O) groups is 1. The van der Waals surface area contributed by atoms with Crippen molar-refractivity contribution in [3.8, 4) is 0 Å². The summed E-state index contributed by atoms with van der Waals surface area (Å²) in [5.41, 5.74) is 5.42. The third-order valence-electron chi connectivity index (χ3n) is 2.46. The van der Waals surface area contributed by atoms with Crippen LogP contribution in [0.25, 0.3) is 0 Å². The molecule has 0 unspecified atom stereocenters. The quantitative estimate of drug-likeness (QED) is 0.633. The zero-order chi connectivity index (χ0) is 14.6. The second kappa shape index (κ2) is 5.98.